The lowest BCUT2D eigenvalue weighted by molar-refractivity contribution is -0.124. The number of phosphoric acid groups is 1. The fraction of sp³-hybridized carbons (Fsp3) is 0.780. The predicted octanol–water partition coefficient (Wildman–Crippen LogP) is 9.91. The Labute approximate surface area is 312 Å². The van der Waals surface area contributed by atoms with Crippen LogP contribution in [0.1, 0.15) is 168 Å². The van der Waals surface area contributed by atoms with Crippen molar-refractivity contribution in [3.63, 3.8) is 0 Å². The van der Waals surface area contributed by atoms with Gasteiger partial charge < -0.3 is 26.2 Å². The van der Waals surface area contributed by atoms with E-state index in [2.05, 4.69) is 55.6 Å². The van der Waals surface area contributed by atoms with Crippen molar-refractivity contribution in [2.75, 3.05) is 19.8 Å². The van der Waals surface area contributed by atoms with E-state index in [1.807, 2.05) is 6.08 Å². The van der Waals surface area contributed by atoms with E-state index >= 15 is 0 Å². The van der Waals surface area contributed by atoms with Crippen molar-refractivity contribution < 1.29 is 33.5 Å². The second kappa shape index (κ2) is 36.8. The van der Waals surface area contributed by atoms with E-state index in [0.29, 0.717) is 12.8 Å². The monoisotopic (exact) mass is 741 g/mol. The Morgan fingerprint density at radius 2 is 1.12 bits per heavy atom. The third-order valence-electron chi connectivity index (χ3n) is 8.66. The van der Waals surface area contributed by atoms with Crippen LogP contribution in [0.15, 0.2) is 48.6 Å². The summed E-state index contributed by atoms with van der Waals surface area (Å²) in [4.78, 5) is 22.7. The summed E-state index contributed by atoms with van der Waals surface area (Å²) in [6, 6.07) is -1.01. The first-order chi connectivity index (χ1) is 24.8. The first-order valence-corrected chi connectivity index (χ1v) is 21.8. The summed E-state index contributed by atoms with van der Waals surface area (Å²) >= 11 is 0. The number of nitrogens with one attached hydrogen (secondary N) is 1. The highest BCUT2D eigenvalue weighted by molar-refractivity contribution is 7.47. The summed E-state index contributed by atoms with van der Waals surface area (Å²) in [5.74, 6) is -0.468. The summed E-state index contributed by atoms with van der Waals surface area (Å²) < 4.78 is 22.0. The van der Waals surface area contributed by atoms with Gasteiger partial charge >= 0.3 is 7.82 Å². The molecular formula is C41H77N2O7P. The average Bonchev–Trinajstić information content (AvgIpc) is 3.10. The van der Waals surface area contributed by atoms with Crippen LogP contribution in [-0.4, -0.2) is 59.0 Å². The number of rotatable bonds is 37. The Bertz CT molecular complexity index is 956. The van der Waals surface area contributed by atoms with Crippen LogP contribution in [-0.2, 0) is 18.4 Å². The first kappa shape index (κ1) is 49.4. The van der Waals surface area contributed by atoms with Gasteiger partial charge in [-0.25, -0.2) is 4.57 Å². The van der Waals surface area contributed by atoms with E-state index in [1.54, 1.807) is 6.08 Å². The molecule has 6 N–H and O–H groups in total. The molecule has 0 saturated heterocycles. The summed E-state index contributed by atoms with van der Waals surface area (Å²) in [5, 5.41) is 23.9. The molecule has 0 fully saturated rings. The zero-order chi connectivity index (χ0) is 37.7. The SMILES string of the molecule is CCCCCC/C=C/CC/C=C/CC/C=C/C(O)C(COP(=O)(O)OCCN)NC(=O)CC(O)CCCCCCC/C=C\CCCCCCCC. The molecule has 9 nitrogen and oxygen atoms in total. The molecule has 0 spiro atoms. The van der Waals surface area contributed by atoms with Crippen molar-refractivity contribution in [2.24, 2.45) is 5.73 Å². The second-order valence-corrected chi connectivity index (χ2v) is 15.1. The van der Waals surface area contributed by atoms with Crippen molar-refractivity contribution in [1.82, 2.24) is 5.32 Å². The van der Waals surface area contributed by atoms with Crippen molar-refractivity contribution in [3.05, 3.63) is 48.6 Å². The molecule has 4 unspecified atom stereocenters. The molecule has 0 radical (unpaired) electrons. The molecule has 4 atom stereocenters. The van der Waals surface area contributed by atoms with E-state index in [-0.39, 0.29) is 19.6 Å². The van der Waals surface area contributed by atoms with Crippen LogP contribution >= 0.6 is 7.82 Å². The molecule has 0 aliphatic heterocycles. The van der Waals surface area contributed by atoms with Crippen molar-refractivity contribution >= 4 is 13.7 Å². The molecule has 0 saturated carbocycles. The molecule has 0 aromatic carbocycles. The Kier molecular flexibility index (Phi) is 35.6. The fourth-order valence-corrected chi connectivity index (χ4v) is 6.31. The minimum absolute atomic E-state index is 0.0400. The number of carbonyl (C=O) groups excluding carboxylic acids is 1. The zero-order valence-electron chi connectivity index (χ0n) is 32.4. The number of aliphatic hydroxyl groups is 2. The zero-order valence-corrected chi connectivity index (χ0v) is 33.3. The Balaban J connectivity index is 4.47. The van der Waals surface area contributed by atoms with Crippen LogP contribution in [0.3, 0.4) is 0 Å². The molecule has 0 aromatic rings. The van der Waals surface area contributed by atoms with Gasteiger partial charge in [0.25, 0.3) is 0 Å². The maximum atomic E-state index is 12.8. The van der Waals surface area contributed by atoms with Crippen LogP contribution in [0, 0.1) is 0 Å². The maximum absolute atomic E-state index is 12.8. The highest BCUT2D eigenvalue weighted by Gasteiger charge is 2.27. The summed E-state index contributed by atoms with van der Waals surface area (Å²) in [6.45, 7) is 3.89. The number of carbonyl (C=O) groups is 1. The quantitative estimate of drug-likeness (QED) is 0.0240. The molecule has 0 aromatic heterocycles. The first-order valence-electron chi connectivity index (χ1n) is 20.3. The van der Waals surface area contributed by atoms with Crippen LogP contribution < -0.4 is 11.1 Å². The summed E-state index contributed by atoms with van der Waals surface area (Å²) in [7, 11) is -4.41. The Morgan fingerprint density at radius 3 is 1.65 bits per heavy atom. The van der Waals surface area contributed by atoms with Gasteiger partial charge in [0.1, 0.15) is 0 Å². The van der Waals surface area contributed by atoms with Crippen LogP contribution in [0.4, 0.5) is 0 Å². The lowest BCUT2D eigenvalue weighted by atomic mass is 10.0. The summed E-state index contributed by atoms with van der Waals surface area (Å²) in [5.41, 5.74) is 5.35. The van der Waals surface area contributed by atoms with Crippen LogP contribution in [0.25, 0.3) is 0 Å². The fourth-order valence-electron chi connectivity index (χ4n) is 5.55. The Hall–Kier alpha value is -1.58. The van der Waals surface area contributed by atoms with Gasteiger partial charge in [-0.1, -0.05) is 140 Å². The third-order valence-corrected chi connectivity index (χ3v) is 9.64. The average molecular weight is 741 g/mol. The lowest BCUT2D eigenvalue weighted by Crippen LogP contribution is -2.46. The van der Waals surface area contributed by atoms with Gasteiger partial charge in [-0.3, -0.25) is 13.8 Å². The largest absolute Gasteiger partial charge is 0.472 e. The van der Waals surface area contributed by atoms with Gasteiger partial charge in [-0.05, 0) is 70.6 Å². The molecule has 10 heteroatoms. The minimum atomic E-state index is -4.41. The minimum Gasteiger partial charge on any atom is -0.393 e. The normalized spacial score (nSPS) is 15.3. The second-order valence-electron chi connectivity index (χ2n) is 13.7. The molecule has 0 aliphatic rings. The van der Waals surface area contributed by atoms with E-state index in [9.17, 15) is 24.5 Å². The van der Waals surface area contributed by atoms with Gasteiger partial charge in [0.2, 0.25) is 5.91 Å². The van der Waals surface area contributed by atoms with Gasteiger partial charge in [0, 0.05) is 6.54 Å². The molecule has 0 heterocycles. The number of hydrogen-bond donors (Lipinski definition) is 5. The standard InChI is InChI=1S/C41H77N2O7P/c1-3-5-7-9-11-13-15-17-19-20-22-24-26-28-30-32-38(44)36-41(46)43-39(37-50-51(47,48)49-35-34-42)40(45)33-31-29-27-25-23-21-18-16-14-12-10-8-6-4-2/h14,16-17,19,23,25,31,33,38-40,44-45H,3-13,15,18,20-22,24,26-30,32,34-37,42H2,1-2H3,(H,43,46)(H,47,48)/b16-14+,19-17-,25-23+,33-31+. The molecule has 51 heavy (non-hydrogen) atoms. The van der Waals surface area contributed by atoms with Gasteiger partial charge in [0.15, 0.2) is 0 Å². The molecule has 298 valence electrons. The number of allylic oxidation sites excluding steroid dienone is 7. The van der Waals surface area contributed by atoms with Gasteiger partial charge in [-0.15, -0.1) is 0 Å². The van der Waals surface area contributed by atoms with Gasteiger partial charge in [-0.2, -0.15) is 0 Å². The van der Waals surface area contributed by atoms with Crippen molar-refractivity contribution in [2.45, 2.75) is 186 Å². The van der Waals surface area contributed by atoms with E-state index < -0.39 is 38.6 Å². The van der Waals surface area contributed by atoms with E-state index in [1.165, 1.54) is 77.0 Å². The number of aliphatic hydroxyl groups excluding tert-OH is 2. The summed E-state index contributed by atoms with van der Waals surface area (Å²) in [6.07, 6.45) is 40.5. The highest BCUT2D eigenvalue weighted by Crippen LogP contribution is 2.43. The number of hydrogen-bond acceptors (Lipinski definition) is 7. The third kappa shape index (κ3) is 35.2. The number of phosphoric ester groups is 1. The van der Waals surface area contributed by atoms with Crippen LogP contribution in [0.2, 0.25) is 0 Å². The number of amides is 1. The highest BCUT2D eigenvalue weighted by atomic mass is 31.2. The lowest BCUT2D eigenvalue weighted by Gasteiger charge is -2.24. The molecule has 0 rings (SSSR count). The van der Waals surface area contributed by atoms with Crippen LogP contribution in [0.5, 0.6) is 0 Å². The molecule has 1 amide bonds. The maximum Gasteiger partial charge on any atom is 0.472 e. The molecular weight excluding hydrogens is 663 g/mol. The van der Waals surface area contributed by atoms with Gasteiger partial charge in [0.05, 0.1) is 37.9 Å². The number of nitrogens with two attached hydrogens (primary N) is 1. The number of unbranched alkanes of at least 4 members (excludes halogenated alkanes) is 17. The molecule has 0 bridgehead atoms. The van der Waals surface area contributed by atoms with E-state index in [0.717, 1.165) is 57.8 Å². The smallest absolute Gasteiger partial charge is 0.393 e. The van der Waals surface area contributed by atoms with Crippen molar-refractivity contribution in [1.29, 1.82) is 0 Å². The van der Waals surface area contributed by atoms with E-state index in [4.69, 9.17) is 14.8 Å². The topological polar surface area (TPSA) is 151 Å². The molecule has 0 aliphatic carbocycles. The Morgan fingerprint density at radius 1 is 0.667 bits per heavy atom. The van der Waals surface area contributed by atoms with Crippen molar-refractivity contribution in [3.8, 4) is 0 Å². The predicted molar refractivity (Wildman–Crippen MR) is 213 cm³/mol.